The summed E-state index contributed by atoms with van der Waals surface area (Å²) in [6.45, 7) is 0. The molecule has 1 aliphatic rings. The first-order chi connectivity index (χ1) is 11.3. The monoisotopic (exact) mass is 408 g/mol. The van der Waals surface area contributed by atoms with Crippen LogP contribution in [-0.4, -0.2) is 30.8 Å². The molecule has 0 atom stereocenters. The number of benzene rings is 2. The van der Waals surface area contributed by atoms with Gasteiger partial charge in [-0.3, -0.25) is 9.10 Å². The van der Waals surface area contributed by atoms with Crippen LogP contribution in [0.2, 0.25) is 0 Å². The highest BCUT2D eigenvalue weighted by molar-refractivity contribution is 9.10. The third-order valence-corrected chi connectivity index (χ3v) is 5.98. The maximum absolute atomic E-state index is 12.6. The van der Waals surface area contributed by atoms with Gasteiger partial charge in [0.25, 0.3) is 15.9 Å². The Morgan fingerprint density at radius 2 is 1.75 bits per heavy atom. The first kappa shape index (κ1) is 16.5. The molecule has 1 amide bonds. The highest BCUT2D eigenvalue weighted by Crippen LogP contribution is 2.34. The molecule has 6 nitrogen and oxygen atoms in total. The van der Waals surface area contributed by atoms with E-state index in [9.17, 15) is 18.3 Å². The molecule has 3 rings (SSSR count). The zero-order chi connectivity index (χ0) is 17.5. The minimum atomic E-state index is -3.90. The molecule has 24 heavy (non-hydrogen) atoms. The van der Waals surface area contributed by atoms with E-state index < -0.39 is 15.9 Å². The predicted octanol–water partition coefficient (Wildman–Crippen LogP) is 2.95. The normalized spacial score (nSPS) is 15.8. The first-order valence-electron chi connectivity index (χ1n) is 6.91. The smallest absolute Gasteiger partial charge is 0.276 e. The van der Waals surface area contributed by atoms with Gasteiger partial charge in [-0.2, -0.15) is 0 Å². The highest BCUT2D eigenvalue weighted by Gasteiger charge is 2.37. The van der Waals surface area contributed by atoms with Crippen LogP contribution in [0.4, 0.5) is 5.69 Å². The van der Waals surface area contributed by atoms with E-state index in [0.29, 0.717) is 5.69 Å². The van der Waals surface area contributed by atoms with Crippen molar-refractivity contribution in [2.75, 3.05) is 12.4 Å². The minimum absolute atomic E-state index is 0.0369. The molecular weight excluding hydrogens is 396 g/mol. The van der Waals surface area contributed by atoms with Crippen LogP contribution in [0.15, 0.2) is 63.6 Å². The molecule has 0 fully saturated rings. The first-order valence-corrected chi connectivity index (χ1v) is 9.14. The Bertz CT molecular complexity index is 952. The number of aliphatic hydroxyl groups is 1. The number of carbonyl (C=O) groups excluding carboxylic acids is 1. The molecule has 0 saturated carbocycles. The van der Waals surface area contributed by atoms with Gasteiger partial charge >= 0.3 is 0 Å². The fourth-order valence-corrected chi connectivity index (χ4v) is 4.07. The topological polar surface area (TPSA) is 86.7 Å². The van der Waals surface area contributed by atoms with Crippen molar-refractivity contribution < 1.29 is 18.3 Å². The number of fused-ring (bicyclic) bond motifs is 1. The largest absolute Gasteiger partial charge is 0.505 e. The summed E-state index contributed by atoms with van der Waals surface area (Å²) in [7, 11) is -2.67. The zero-order valence-electron chi connectivity index (χ0n) is 12.5. The Hall–Kier alpha value is -2.32. The average molecular weight is 409 g/mol. The lowest BCUT2D eigenvalue weighted by Crippen LogP contribution is -2.37. The zero-order valence-corrected chi connectivity index (χ0v) is 14.9. The van der Waals surface area contributed by atoms with Gasteiger partial charge in [-0.1, -0.05) is 28.1 Å². The number of aliphatic hydroxyl groups excluding tert-OH is 1. The minimum Gasteiger partial charge on any atom is -0.505 e. The maximum atomic E-state index is 12.6. The number of halogens is 1. The summed E-state index contributed by atoms with van der Waals surface area (Å²) in [6, 6.07) is 12.8. The molecule has 124 valence electrons. The van der Waals surface area contributed by atoms with Crippen LogP contribution in [0.1, 0.15) is 5.56 Å². The molecule has 2 N–H and O–H groups in total. The summed E-state index contributed by atoms with van der Waals surface area (Å²) < 4.78 is 26.7. The van der Waals surface area contributed by atoms with Crippen molar-refractivity contribution in [3.8, 4) is 0 Å². The van der Waals surface area contributed by atoms with Crippen molar-refractivity contribution in [1.82, 2.24) is 4.31 Å². The van der Waals surface area contributed by atoms with Crippen molar-refractivity contribution in [3.63, 3.8) is 0 Å². The molecule has 1 heterocycles. The molecule has 8 heteroatoms. The third kappa shape index (κ3) is 2.67. The van der Waals surface area contributed by atoms with E-state index in [1.807, 2.05) is 0 Å². The molecule has 0 unspecified atom stereocenters. The van der Waals surface area contributed by atoms with E-state index in [0.717, 1.165) is 8.78 Å². The van der Waals surface area contributed by atoms with Gasteiger partial charge in [0.1, 0.15) is 0 Å². The Morgan fingerprint density at radius 1 is 1.12 bits per heavy atom. The van der Waals surface area contributed by atoms with Crippen LogP contribution in [0, 0.1) is 0 Å². The Balaban J connectivity index is 2.06. The van der Waals surface area contributed by atoms with Gasteiger partial charge in [0.2, 0.25) is 0 Å². The average Bonchev–Trinajstić information content (AvgIpc) is 2.56. The van der Waals surface area contributed by atoms with Gasteiger partial charge < -0.3 is 10.4 Å². The molecule has 2 aromatic carbocycles. The standard InChI is InChI=1S/C16H13BrN2O4S/c1-19-14(16(21)18-11-8-6-10(17)7-9-11)15(20)12-4-2-3-5-13(12)24(19,22)23/h2-9,20H,1H3,(H,18,21). The quantitative estimate of drug-likeness (QED) is 0.799. The molecular formula is C16H13BrN2O4S. The summed E-state index contributed by atoms with van der Waals surface area (Å²) in [6.07, 6.45) is 0. The summed E-state index contributed by atoms with van der Waals surface area (Å²) >= 11 is 3.29. The maximum Gasteiger partial charge on any atom is 0.276 e. The number of likely N-dealkylation sites (N-methyl/N-ethyl adjacent to an activating group) is 1. The second-order valence-electron chi connectivity index (χ2n) is 5.13. The number of carbonyl (C=O) groups is 1. The summed E-state index contributed by atoms with van der Waals surface area (Å²) in [5, 5.41) is 13.0. The highest BCUT2D eigenvalue weighted by atomic mass is 79.9. The molecule has 0 aliphatic carbocycles. The summed E-state index contributed by atoms with van der Waals surface area (Å²) in [5.74, 6) is -1.09. The lowest BCUT2D eigenvalue weighted by molar-refractivity contribution is -0.113. The van der Waals surface area contributed by atoms with Crippen LogP contribution in [-0.2, 0) is 14.8 Å². The molecule has 0 spiro atoms. The van der Waals surface area contributed by atoms with Crippen molar-refractivity contribution >= 4 is 43.3 Å². The number of nitrogens with zero attached hydrogens (tertiary/aromatic N) is 1. The second-order valence-corrected chi connectivity index (χ2v) is 7.98. The van der Waals surface area contributed by atoms with Crippen LogP contribution in [0.3, 0.4) is 0 Å². The van der Waals surface area contributed by atoms with E-state index in [4.69, 9.17) is 0 Å². The Morgan fingerprint density at radius 3 is 2.42 bits per heavy atom. The summed E-state index contributed by atoms with van der Waals surface area (Å²) in [5.41, 5.74) is 0.265. The number of hydrogen-bond donors (Lipinski definition) is 2. The molecule has 0 aromatic heterocycles. The number of rotatable bonds is 2. The fourth-order valence-electron chi connectivity index (χ4n) is 2.41. The molecule has 2 aromatic rings. The Kier molecular flexibility index (Phi) is 4.10. The number of sulfonamides is 1. The van der Waals surface area contributed by atoms with Crippen molar-refractivity contribution in [2.24, 2.45) is 0 Å². The number of amides is 1. The van der Waals surface area contributed by atoms with Gasteiger partial charge in [0.15, 0.2) is 11.5 Å². The number of nitrogens with one attached hydrogen (secondary N) is 1. The predicted molar refractivity (Wildman–Crippen MR) is 93.7 cm³/mol. The molecule has 0 radical (unpaired) electrons. The third-order valence-electron chi connectivity index (χ3n) is 3.64. The Labute approximate surface area is 147 Å². The second kappa shape index (κ2) is 5.95. The number of hydrogen-bond acceptors (Lipinski definition) is 4. The SMILES string of the molecule is CN1C(C(=O)Nc2ccc(Br)cc2)=C(O)c2ccccc2S1(=O)=O. The number of anilines is 1. The van der Waals surface area contributed by atoms with Gasteiger partial charge in [0, 0.05) is 22.8 Å². The van der Waals surface area contributed by atoms with Crippen molar-refractivity contribution in [3.05, 3.63) is 64.3 Å². The van der Waals surface area contributed by atoms with E-state index >= 15 is 0 Å². The van der Waals surface area contributed by atoms with Gasteiger partial charge in [-0.15, -0.1) is 0 Å². The van der Waals surface area contributed by atoms with E-state index in [1.165, 1.54) is 19.2 Å². The lowest BCUT2D eigenvalue weighted by atomic mass is 10.1. The van der Waals surface area contributed by atoms with Crippen LogP contribution >= 0.6 is 15.9 Å². The fraction of sp³-hybridized carbons (Fsp3) is 0.0625. The summed E-state index contributed by atoms with van der Waals surface area (Å²) in [4.78, 5) is 12.5. The van der Waals surface area contributed by atoms with E-state index in [-0.39, 0.29) is 21.9 Å². The van der Waals surface area contributed by atoms with Gasteiger partial charge in [0.05, 0.1) is 4.90 Å². The van der Waals surface area contributed by atoms with Crippen LogP contribution < -0.4 is 5.32 Å². The molecule has 0 saturated heterocycles. The van der Waals surface area contributed by atoms with Crippen molar-refractivity contribution in [1.29, 1.82) is 0 Å². The molecule has 1 aliphatic heterocycles. The molecule has 0 bridgehead atoms. The lowest BCUT2D eigenvalue weighted by Gasteiger charge is -2.28. The van der Waals surface area contributed by atoms with E-state index in [1.54, 1.807) is 36.4 Å². The van der Waals surface area contributed by atoms with Crippen LogP contribution in [0.5, 0.6) is 0 Å². The van der Waals surface area contributed by atoms with Crippen LogP contribution in [0.25, 0.3) is 5.76 Å². The van der Waals surface area contributed by atoms with E-state index in [2.05, 4.69) is 21.2 Å². The van der Waals surface area contributed by atoms with Gasteiger partial charge in [-0.05, 0) is 36.4 Å². The van der Waals surface area contributed by atoms with Gasteiger partial charge in [-0.25, -0.2) is 8.42 Å². The van der Waals surface area contributed by atoms with Crippen molar-refractivity contribution in [2.45, 2.75) is 4.90 Å².